The van der Waals surface area contributed by atoms with Crippen LogP contribution in [-0.2, 0) is 0 Å². The maximum absolute atomic E-state index is 11.1. The molecule has 0 radical (unpaired) electrons. The van der Waals surface area contributed by atoms with Crippen molar-refractivity contribution in [3.63, 3.8) is 0 Å². The van der Waals surface area contributed by atoms with E-state index in [0.29, 0.717) is 11.7 Å². The molecule has 1 aliphatic rings. The quantitative estimate of drug-likeness (QED) is 0.840. The van der Waals surface area contributed by atoms with E-state index in [2.05, 4.69) is 24.1 Å². The number of aryl methyl sites for hydroxylation is 1. The number of aromatic nitrogens is 1. The van der Waals surface area contributed by atoms with Crippen LogP contribution in [0.3, 0.4) is 0 Å². The molecule has 2 N–H and O–H groups in total. The van der Waals surface area contributed by atoms with Crippen LogP contribution in [0.1, 0.15) is 42.7 Å². The highest BCUT2D eigenvalue weighted by Crippen LogP contribution is 2.41. The van der Waals surface area contributed by atoms with Gasteiger partial charge < -0.3 is 10.4 Å². The van der Waals surface area contributed by atoms with Crippen molar-refractivity contribution in [2.24, 2.45) is 5.92 Å². The highest BCUT2D eigenvalue weighted by Gasteiger charge is 2.38. The Hall–Kier alpha value is -1.58. The summed E-state index contributed by atoms with van der Waals surface area (Å²) in [5, 5.41) is 12.4. The molecule has 1 aromatic rings. The van der Waals surface area contributed by atoms with Crippen molar-refractivity contribution in [2.45, 2.75) is 39.2 Å². The smallest absolute Gasteiger partial charge is 0.339 e. The van der Waals surface area contributed by atoms with Gasteiger partial charge in [0.25, 0.3) is 0 Å². The van der Waals surface area contributed by atoms with Gasteiger partial charge in [-0.05, 0) is 51.7 Å². The first-order chi connectivity index (χ1) is 7.90. The summed E-state index contributed by atoms with van der Waals surface area (Å²) >= 11 is 0. The third-order valence-electron chi connectivity index (χ3n) is 3.30. The molecule has 0 unspecified atom stereocenters. The molecule has 1 heterocycles. The second-order valence-electron chi connectivity index (χ2n) is 5.27. The fraction of sp³-hybridized carbons (Fsp3) is 0.538. The highest BCUT2D eigenvalue weighted by molar-refractivity contribution is 5.93. The summed E-state index contributed by atoms with van der Waals surface area (Å²) < 4.78 is 0. The van der Waals surface area contributed by atoms with Gasteiger partial charge in [0.2, 0.25) is 0 Å². The van der Waals surface area contributed by atoms with Crippen LogP contribution in [0, 0.1) is 12.8 Å². The maximum atomic E-state index is 11.1. The molecule has 1 aliphatic carbocycles. The monoisotopic (exact) mass is 234 g/mol. The molecule has 2 rings (SSSR count). The number of nitrogens with zero attached hydrogens (tertiary/aromatic N) is 1. The Morgan fingerprint density at radius 2 is 2.12 bits per heavy atom. The van der Waals surface area contributed by atoms with Gasteiger partial charge in [-0.25, -0.2) is 9.78 Å². The summed E-state index contributed by atoms with van der Waals surface area (Å²) in [6.45, 7) is 6.06. The Labute approximate surface area is 101 Å². The summed E-state index contributed by atoms with van der Waals surface area (Å²) in [5.74, 6) is 0.160. The number of aromatic carboxylic acids is 1. The van der Waals surface area contributed by atoms with Gasteiger partial charge in [0.15, 0.2) is 0 Å². The number of carboxylic acids is 1. The van der Waals surface area contributed by atoms with E-state index < -0.39 is 5.97 Å². The van der Waals surface area contributed by atoms with Crippen LogP contribution in [-0.4, -0.2) is 21.6 Å². The first kappa shape index (κ1) is 11.9. The van der Waals surface area contributed by atoms with Crippen LogP contribution < -0.4 is 5.32 Å². The van der Waals surface area contributed by atoms with Crippen LogP contribution in [0.25, 0.3) is 0 Å². The van der Waals surface area contributed by atoms with Gasteiger partial charge in [-0.2, -0.15) is 0 Å². The Bertz CT molecular complexity index is 451. The molecular formula is C13H18N2O2. The molecule has 1 saturated carbocycles. The zero-order valence-corrected chi connectivity index (χ0v) is 10.4. The van der Waals surface area contributed by atoms with E-state index in [-0.39, 0.29) is 11.1 Å². The average Bonchev–Trinajstić information content (AvgIpc) is 2.99. The Balaban J connectivity index is 2.30. The molecule has 0 saturated heterocycles. The van der Waals surface area contributed by atoms with Crippen LogP contribution in [0.4, 0.5) is 5.82 Å². The molecule has 17 heavy (non-hydrogen) atoms. The van der Waals surface area contributed by atoms with Gasteiger partial charge in [0, 0.05) is 11.2 Å². The molecule has 4 heteroatoms. The van der Waals surface area contributed by atoms with E-state index in [9.17, 15) is 4.79 Å². The number of nitrogens with one attached hydrogen (secondary N) is 1. The zero-order valence-electron chi connectivity index (χ0n) is 10.4. The maximum Gasteiger partial charge on any atom is 0.339 e. The fourth-order valence-corrected chi connectivity index (χ4v) is 2.04. The summed E-state index contributed by atoms with van der Waals surface area (Å²) in [5.41, 5.74) is 0.971. The number of carbonyl (C=O) groups is 1. The third kappa shape index (κ3) is 2.57. The number of hydrogen-bond donors (Lipinski definition) is 2. The van der Waals surface area contributed by atoms with E-state index in [4.69, 9.17) is 5.11 Å². The minimum absolute atomic E-state index is 0.0923. The second kappa shape index (κ2) is 4.02. The van der Waals surface area contributed by atoms with E-state index in [1.54, 1.807) is 12.1 Å². The number of anilines is 1. The van der Waals surface area contributed by atoms with Crippen LogP contribution >= 0.6 is 0 Å². The number of rotatable bonds is 4. The lowest BCUT2D eigenvalue weighted by Crippen LogP contribution is -2.34. The molecule has 1 fully saturated rings. The topological polar surface area (TPSA) is 62.2 Å². The number of carboxylic acid groups (broad SMARTS) is 1. The second-order valence-corrected chi connectivity index (χ2v) is 5.27. The summed E-state index contributed by atoms with van der Waals surface area (Å²) in [4.78, 5) is 15.4. The Morgan fingerprint density at radius 1 is 1.47 bits per heavy atom. The van der Waals surface area contributed by atoms with E-state index in [0.717, 1.165) is 5.69 Å². The third-order valence-corrected chi connectivity index (χ3v) is 3.30. The molecule has 0 aliphatic heterocycles. The normalized spacial score (nSPS) is 15.7. The minimum Gasteiger partial charge on any atom is -0.478 e. The first-order valence-corrected chi connectivity index (χ1v) is 5.89. The lowest BCUT2D eigenvalue weighted by Gasteiger charge is -2.27. The van der Waals surface area contributed by atoms with Crippen molar-refractivity contribution < 1.29 is 9.90 Å². The van der Waals surface area contributed by atoms with Crippen LogP contribution in [0.2, 0.25) is 0 Å². The standard InChI is InChI=1S/C13H18N2O2/c1-8-4-7-10(12(16)17)11(14-8)15-13(2,3)9-5-6-9/h4,7,9H,5-6H2,1-3H3,(H,14,15)(H,16,17). The Morgan fingerprint density at radius 3 is 2.65 bits per heavy atom. The predicted octanol–water partition coefficient (Wildman–Crippen LogP) is 2.69. The van der Waals surface area contributed by atoms with Crippen molar-refractivity contribution in [3.8, 4) is 0 Å². The van der Waals surface area contributed by atoms with Gasteiger partial charge in [-0.15, -0.1) is 0 Å². The fourth-order valence-electron chi connectivity index (χ4n) is 2.04. The van der Waals surface area contributed by atoms with Crippen molar-refractivity contribution in [2.75, 3.05) is 5.32 Å². The molecule has 0 atom stereocenters. The van der Waals surface area contributed by atoms with Gasteiger partial charge in [0.1, 0.15) is 11.4 Å². The van der Waals surface area contributed by atoms with E-state index in [1.807, 2.05) is 6.92 Å². The Kier molecular flexibility index (Phi) is 2.81. The van der Waals surface area contributed by atoms with Crippen LogP contribution in [0.15, 0.2) is 12.1 Å². The molecule has 92 valence electrons. The molecule has 1 aromatic heterocycles. The highest BCUT2D eigenvalue weighted by atomic mass is 16.4. The van der Waals surface area contributed by atoms with Crippen molar-refractivity contribution >= 4 is 11.8 Å². The number of hydrogen-bond acceptors (Lipinski definition) is 3. The molecule has 4 nitrogen and oxygen atoms in total. The summed E-state index contributed by atoms with van der Waals surface area (Å²) in [7, 11) is 0. The van der Waals surface area contributed by atoms with Gasteiger partial charge in [0.05, 0.1) is 0 Å². The summed E-state index contributed by atoms with van der Waals surface area (Å²) in [6.07, 6.45) is 2.41. The molecule has 0 aromatic carbocycles. The largest absolute Gasteiger partial charge is 0.478 e. The van der Waals surface area contributed by atoms with Crippen molar-refractivity contribution in [1.29, 1.82) is 0 Å². The zero-order chi connectivity index (χ0) is 12.6. The molecule has 0 spiro atoms. The minimum atomic E-state index is -0.938. The lowest BCUT2D eigenvalue weighted by atomic mass is 9.98. The van der Waals surface area contributed by atoms with Crippen molar-refractivity contribution in [3.05, 3.63) is 23.4 Å². The van der Waals surface area contributed by atoms with E-state index in [1.165, 1.54) is 12.8 Å². The van der Waals surface area contributed by atoms with Gasteiger partial charge >= 0.3 is 5.97 Å². The average molecular weight is 234 g/mol. The first-order valence-electron chi connectivity index (χ1n) is 5.89. The molecule has 0 amide bonds. The van der Waals surface area contributed by atoms with E-state index >= 15 is 0 Å². The number of pyridine rings is 1. The van der Waals surface area contributed by atoms with Gasteiger partial charge in [-0.3, -0.25) is 0 Å². The van der Waals surface area contributed by atoms with Gasteiger partial charge in [-0.1, -0.05) is 0 Å². The molecule has 0 bridgehead atoms. The summed E-state index contributed by atoms with van der Waals surface area (Å²) in [6, 6.07) is 3.33. The van der Waals surface area contributed by atoms with Crippen LogP contribution in [0.5, 0.6) is 0 Å². The SMILES string of the molecule is Cc1ccc(C(=O)O)c(NC(C)(C)C2CC2)n1. The predicted molar refractivity (Wildman–Crippen MR) is 66.4 cm³/mol. The van der Waals surface area contributed by atoms with Crippen molar-refractivity contribution in [1.82, 2.24) is 4.98 Å². The molecular weight excluding hydrogens is 216 g/mol. The lowest BCUT2D eigenvalue weighted by molar-refractivity contribution is 0.0697.